The summed E-state index contributed by atoms with van der Waals surface area (Å²) < 4.78 is 0. The van der Waals surface area contributed by atoms with E-state index >= 15 is 0 Å². The molecule has 0 radical (unpaired) electrons. The minimum atomic E-state index is -0.220. The summed E-state index contributed by atoms with van der Waals surface area (Å²) in [5, 5.41) is 10.4. The Morgan fingerprint density at radius 3 is 2.14 bits per heavy atom. The molecule has 0 heterocycles. The summed E-state index contributed by atoms with van der Waals surface area (Å²) in [6.07, 6.45) is 4.12. The van der Waals surface area contributed by atoms with Crippen molar-refractivity contribution in [3.63, 3.8) is 0 Å². The van der Waals surface area contributed by atoms with Crippen molar-refractivity contribution in [2.24, 2.45) is 0 Å². The number of aliphatic hydroxyl groups excluding tert-OH is 1. The summed E-state index contributed by atoms with van der Waals surface area (Å²) in [5.41, 5.74) is 2.49. The number of hydrogen-bond acceptors (Lipinski definition) is 2. The van der Waals surface area contributed by atoms with Crippen LogP contribution in [-0.2, 0) is 6.54 Å². The van der Waals surface area contributed by atoms with Crippen molar-refractivity contribution in [2.45, 2.75) is 44.4 Å². The van der Waals surface area contributed by atoms with Crippen molar-refractivity contribution in [3.8, 4) is 0 Å². The molecule has 0 amide bonds. The van der Waals surface area contributed by atoms with Crippen molar-refractivity contribution in [2.75, 3.05) is 4.90 Å². The van der Waals surface area contributed by atoms with Gasteiger partial charge in [-0.2, -0.15) is 0 Å². The average molecular weight is 281 g/mol. The van der Waals surface area contributed by atoms with E-state index in [4.69, 9.17) is 0 Å². The molecule has 0 unspecified atom stereocenters. The van der Waals surface area contributed by atoms with Crippen LogP contribution in [0, 0.1) is 0 Å². The summed E-state index contributed by atoms with van der Waals surface area (Å²) >= 11 is 0. The molecule has 1 aliphatic carbocycles. The fourth-order valence-corrected chi connectivity index (χ4v) is 3.25. The molecule has 110 valence electrons. The van der Waals surface area contributed by atoms with E-state index in [-0.39, 0.29) is 12.1 Å². The van der Waals surface area contributed by atoms with Gasteiger partial charge in [-0.3, -0.25) is 0 Å². The van der Waals surface area contributed by atoms with E-state index in [0.29, 0.717) is 0 Å². The van der Waals surface area contributed by atoms with Crippen LogP contribution in [-0.4, -0.2) is 17.3 Å². The molecule has 1 saturated carbocycles. The molecule has 21 heavy (non-hydrogen) atoms. The molecule has 1 N–H and O–H groups in total. The fraction of sp³-hybridized carbons (Fsp3) is 0.368. The predicted octanol–water partition coefficient (Wildman–Crippen LogP) is 4.00. The third kappa shape index (κ3) is 3.45. The molecule has 0 saturated heterocycles. The minimum absolute atomic E-state index is 0.220. The Morgan fingerprint density at radius 1 is 0.857 bits per heavy atom. The normalized spacial score (nSPS) is 22.0. The summed E-state index contributed by atoms with van der Waals surface area (Å²) in [5.74, 6) is 0. The molecular weight excluding hydrogens is 258 g/mol. The number of nitrogens with zero attached hydrogens (tertiary/aromatic N) is 1. The van der Waals surface area contributed by atoms with Crippen molar-refractivity contribution in [3.05, 3.63) is 66.2 Å². The summed E-state index contributed by atoms with van der Waals surface area (Å²) in [6.45, 7) is 0.854. The third-order valence-electron chi connectivity index (χ3n) is 4.38. The van der Waals surface area contributed by atoms with Gasteiger partial charge in [-0.1, -0.05) is 61.4 Å². The molecular formula is C19H23NO. The van der Waals surface area contributed by atoms with Gasteiger partial charge in [0.15, 0.2) is 0 Å². The zero-order valence-corrected chi connectivity index (χ0v) is 12.4. The Hall–Kier alpha value is -1.80. The number of hydrogen-bond donors (Lipinski definition) is 1. The lowest BCUT2D eigenvalue weighted by Gasteiger charge is -2.39. The highest BCUT2D eigenvalue weighted by atomic mass is 16.3. The second kappa shape index (κ2) is 6.77. The predicted molar refractivity (Wildman–Crippen MR) is 87.3 cm³/mol. The zero-order chi connectivity index (χ0) is 14.5. The molecule has 1 aliphatic rings. The molecule has 2 aromatic carbocycles. The SMILES string of the molecule is O[C@H]1CCCC[C@@H]1N(Cc1ccccc1)c1ccccc1. The first-order valence-corrected chi connectivity index (χ1v) is 7.88. The van der Waals surface area contributed by atoms with Gasteiger partial charge in [-0.25, -0.2) is 0 Å². The first-order valence-electron chi connectivity index (χ1n) is 7.88. The maximum Gasteiger partial charge on any atom is 0.0743 e. The van der Waals surface area contributed by atoms with E-state index in [2.05, 4.69) is 53.4 Å². The monoisotopic (exact) mass is 281 g/mol. The first-order chi connectivity index (χ1) is 10.3. The number of rotatable bonds is 4. The second-order valence-electron chi connectivity index (χ2n) is 5.87. The highest BCUT2D eigenvalue weighted by molar-refractivity contribution is 5.48. The van der Waals surface area contributed by atoms with Crippen LogP contribution < -0.4 is 4.90 Å². The summed E-state index contributed by atoms with van der Waals surface area (Å²) in [7, 11) is 0. The standard InChI is InChI=1S/C19H23NO/c21-19-14-8-7-13-18(19)20(17-11-5-2-6-12-17)15-16-9-3-1-4-10-16/h1-6,9-12,18-19,21H,7-8,13-15H2/t18-,19-/m0/s1. The molecule has 2 atom stereocenters. The quantitative estimate of drug-likeness (QED) is 0.915. The number of para-hydroxylation sites is 1. The van der Waals surface area contributed by atoms with Crippen LogP contribution in [0.2, 0.25) is 0 Å². The number of benzene rings is 2. The van der Waals surface area contributed by atoms with E-state index < -0.39 is 0 Å². The largest absolute Gasteiger partial charge is 0.391 e. The van der Waals surface area contributed by atoms with Crippen LogP contribution in [0.25, 0.3) is 0 Å². The van der Waals surface area contributed by atoms with Gasteiger partial charge < -0.3 is 10.0 Å². The van der Waals surface area contributed by atoms with Gasteiger partial charge in [0.25, 0.3) is 0 Å². The van der Waals surface area contributed by atoms with Crippen molar-refractivity contribution in [1.29, 1.82) is 0 Å². The Bertz CT molecular complexity index is 540. The van der Waals surface area contributed by atoms with Gasteiger partial charge in [0.2, 0.25) is 0 Å². The molecule has 0 bridgehead atoms. The van der Waals surface area contributed by atoms with E-state index in [1.165, 1.54) is 17.7 Å². The number of anilines is 1. The van der Waals surface area contributed by atoms with E-state index in [1.807, 2.05) is 12.1 Å². The highest BCUT2D eigenvalue weighted by Gasteiger charge is 2.28. The molecule has 1 fully saturated rings. The van der Waals surface area contributed by atoms with Crippen molar-refractivity contribution >= 4 is 5.69 Å². The Morgan fingerprint density at radius 2 is 1.48 bits per heavy atom. The van der Waals surface area contributed by atoms with E-state index in [9.17, 15) is 5.11 Å². The van der Waals surface area contributed by atoms with Gasteiger partial charge in [0.05, 0.1) is 12.1 Å². The molecule has 3 rings (SSSR count). The highest BCUT2D eigenvalue weighted by Crippen LogP contribution is 2.29. The van der Waals surface area contributed by atoms with E-state index in [0.717, 1.165) is 25.8 Å². The molecule has 0 spiro atoms. The van der Waals surface area contributed by atoms with Gasteiger partial charge in [-0.05, 0) is 30.5 Å². The smallest absolute Gasteiger partial charge is 0.0743 e. The Kier molecular flexibility index (Phi) is 4.56. The minimum Gasteiger partial charge on any atom is -0.391 e. The molecule has 2 aromatic rings. The lowest BCUT2D eigenvalue weighted by atomic mass is 9.90. The van der Waals surface area contributed by atoms with Crippen LogP contribution in [0.1, 0.15) is 31.2 Å². The van der Waals surface area contributed by atoms with Gasteiger partial charge in [-0.15, -0.1) is 0 Å². The molecule has 0 aromatic heterocycles. The van der Waals surface area contributed by atoms with Crippen LogP contribution in [0.5, 0.6) is 0 Å². The maximum atomic E-state index is 10.4. The van der Waals surface area contributed by atoms with Crippen molar-refractivity contribution in [1.82, 2.24) is 0 Å². The van der Waals surface area contributed by atoms with Gasteiger partial charge >= 0.3 is 0 Å². The lowest BCUT2D eigenvalue weighted by Crippen LogP contribution is -2.45. The van der Waals surface area contributed by atoms with Gasteiger partial charge in [0, 0.05) is 12.2 Å². The second-order valence-corrected chi connectivity index (χ2v) is 5.87. The number of aliphatic hydroxyl groups is 1. The van der Waals surface area contributed by atoms with Gasteiger partial charge in [0.1, 0.15) is 0 Å². The van der Waals surface area contributed by atoms with Crippen LogP contribution in [0.3, 0.4) is 0 Å². The fourth-order valence-electron chi connectivity index (χ4n) is 3.25. The third-order valence-corrected chi connectivity index (χ3v) is 4.38. The van der Waals surface area contributed by atoms with Crippen molar-refractivity contribution < 1.29 is 5.11 Å². The molecule has 2 heteroatoms. The maximum absolute atomic E-state index is 10.4. The zero-order valence-electron chi connectivity index (χ0n) is 12.4. The first kappa shape index (κ1) is 14.2. The van der Waals surface area contributed by atoms with Crippen LogP contribution in [0.15, 0.2) is 60.7 Å². The average Bonchev–Trinajstić information content (AvgIpc) is 2.55. The van der Waals surface area contributed by atoms with E-state index in [1.54, 1.807) is 0 Å². The summed E-state index contributed by atoms with van der Waals surface area (Å²) in [4.78, 5) is 2.37. The summed E-state index contributed by atoms with van der Waals surface area (Å²) in [6, 6.07) is 21.2. The van der Waals surface area contributed by atoms with Crippen LogP contribution in [0.4, 0.5) is 5.69 Å². The molecule has 2 nitrogen and oxygen atoms in total. The van der Waals surface area contributed by atoms with Crippen LogP contribution >= 0.6 is 0 Å². The topological polar surface area (TPSA) is 23.5 Å². The Labute approximate surface area is 127 Å². The lowest BCUT2D eigenvalue weighted by molar-refractivity contribution is 0.103. The Balaban J connectivity index is 1.87. The molecule has 0 aliphatic heterocycles.